The first-order valence-electron chi connectivity index (χ1n) is 6.81. The first-order chi connectivity index (χ1) is 9.19. The van der Waals surface area contributed by atoms with Crippen LogP contribution >= 0.6 is 15.9 Å². The summed E-state index contributed by atoms with van der Waals surface area (Å²) < 4.78 is 3.41. The zero-order chi connectivity index (χ0) is 13.7. The number of nitrogens with zero attached hydrogens (tertiary/aromatic N) is 1. The molecule has 0 saturated carbocycles. The van der Waals surface area contributed by atoms with E-state index in [1.165, 1.54) is 11.3 Å². The molecule has 1 atom stereocenters. The molecule has 1 aromatic heterocycles. The Morgan fingerprint density at radius 3 is 2.63 bits per heavy atom. The van der Waals surface area contributed by atoms with Gasteiger partial charge in [0.1, 0.15) is 0 Å². The van der Waals surface area contributed by atoms with Crippen LogP contribution in [-0.2, 0) is 19.5 Å². The minimum Gasteiger partial charge on any atom is -0.351 e. The fourth-order valence-corrected chi connectivity index (χ4v) is 2.51. The molecule has 0 aliphatic carbocycles. The maximum atomic E-state index is 3.59. The summed E-state index contributed by atoms with van der Waals surface area (Å²) >= 11 is 3.47. The number of hydrogen-bond donors (Lipinski definition) is 1. The SMILES string of the molecule is CCn1cccc1CNC(C)Cc1ccc(Br)cc1. The van der Waals surface area contributed by atoms with Crippen molar-refractivity contribution >= 4 is 15.9 Å². The molecule has 1 aromatic carbocycles. The van der Waals surface area contributed by atoms with Crippen molar-refractivity contribution in [2.45, 2.75) is 39.4 Å². The van der Waals surface area contributed by atoms with E-state index in [4.69, 9.17) is 0 Å². The van der Waals surface area contributed by atoms with Crippen molar-refractivity contribution < 1.29 is 0 Å². The number of benzene rings is 1. The number of rotatable bonds is 6. The molecule has 1 N–H and O–H groups in total. The van der Waals surface area contributed by atoms with Crippen molar-refractivity contribution in [1.82, 2.24) is 9.88 Å². The lowest BCUT2D eigenvalue weighted by Gasteiger charge is -2.15. The normalized spacial score (nSPS) is 12.6. The number of halogens is 1. The van der Waals surface area contributed by atoms with E-state index in [0.717, 1.165) is 24.0 Å². The highest BCUT2D eigenvalue weighted by atomic mass is 79.9. The maximum Gasteiger partial charge on any atom is 0.0361 e. The molecule has 1 heterocycles. The van der Waals surface area contributed by atoms with Crippen LogP contribution < -0.4 is 5.32 Å². The molecular formula is C16H21BrN2. The maximum absolute atomic E-state index is 3.59. The third kappa shape index (κ3) is 4.22. The lowest BCUT2D eigenvalue weighted by atomic mass is 10.1. The summed E-state index contributed by atoms with van der Waals surface area (Å²) in [6, 6.07) is 13.3. The molecule has 0 bridgehead atoms. The van der Waals surface area contributed by atoms with Gasteiger partial charge in [0, 0.05) is 35.5 Å². The fourth-order valence-electron chi connectivity index (χ4n) is 2.24. The monoisotopic (exact) mass is 320 g/mol. The molecule has 1 unspecified atom stereocenters. The molecule has 19 heavy (non-hydrogen) atoms. The van der Waals surface area contributed by atoms with Crippen LogP contribution in [0.15, 0.2) is 47.1 Å². The van der Waals surface area contributed by atoms with Crippen LogP contribution in [0.25, 0.3) is 0 Å². The number of aryl methyl sites for hydroxylation is 1. The molecule has 0 aliphatic rings. The first kappa shape index (κ1) is 14.4. The molecular weight excluding hydrogens is 300 g/mol. The van der Waals surface area contributed by atoms with E-state index >= 15 is 0 Å². The van der Waals surface area contributed by atoms with Gasteiger partial charge in [-0.05, 0) is 50.1 Å². The molecule has 3 heteroatoms. The van der Waals surface area contributed by atoms with Crippen molar-refractivity contribution in [2.24, 2.45) is 0 Å². The lowest BCUT2D eigenvalue weighted by molar-refractivity contribution is 0.527. The fraction of sp³-hybridized carbons (Fsp3) is 0.375. The van der Waals surface area contributed by atoms with Crippen molar-refractivity contribution in [3.05, 3.63) is 58.3 Å². The van der Waals surface area contributed by atoms with Gasteiger partial charge in [0.2, 0.25) is 0 Å². The van der Waals surface area contributed by atoms with Crippen molar-refractivity contribution in [1.29, 1.82) is 0 Å². The van der Waals surface area contributed by atoms with Crippen molar-refractivity contribution in [2.75, 3.05) is 0 Å². The molecule has 0 amide bonds. The predicted octanol–water partition coefficient (Wildman–Crippen LogP) is 3.99. The minimum atomic E-state index is 0.474. The highest BCUT2D eigenvalue weighted by Gasteiger charge is 2.05. The van der Waals surface area contributed by atoms with Gasteiger partial charge in [0.15, 0.2) is 0 Å². The van der Waals surface area contributed by atoms with Gasteiger partial charge in [-0.25, -0.2) is 0 Å². The van der Waals surface area contributed by atoms with E-state index in [0.29, 0.717) is 6.04 Å². The Kier molecular flexibility index (Phi) is 5.23. The van der Waals surface area contributed by atoms with Crippen LogP contribution in [0.1, 0.15) is 25.1 Å². The van der Waals surface area contributed by atoms with Crippen LogP contribution in [0, 0.1) is 0 Å². The summed E-state index contributed by atoms with van der Waals surface area (Å²) in [7, 11) is 0. The van der Waals surface area contributed by atoms with Gasteiger partial charge in [-0.1, -0.05) is 28.1 Å². The number of hydrogen-bond acceptors (Lipinski definition) is 1. The van der Waals surface area contributed by atoms with Crippen LogP contribution in [-0.4, -0.2) is 10.6 Å². The van der Waals surface area contributed by atoms with E-state index in [9.17, 15) is 0 Å². The summed E-state index contributed by atoms with van der Waals surface area (Å²) in [5.41, 5.74) is 2.72. The Morgan fingerprint density at radius 1 is 1.21 bits per heavy atom. The Balaban J connectivity index is 1.84. The summed E-state index contributed by atoms with van der Waals surface area (Å²) in [6.45, 7) is 6.37. The highest BCUT2D eigenvalue weighted by Crippen LogP contribution is 2.12. The summed E-state index contributed by atoms with van der Waals surface area (Å²) in [5, 5.41) is 3.59. The molecule has 0 spiro atoms. The molecule has 2 rings (SSSR count). The summed E-state index contributed by atoms with van der Waals surface area (Å²) in [5.74, 6) is 0. The smallest absolute Gasteiger partial charge is 0.0361 e. The standard InChI is InChI=1S/C16H21BrN2/c1-3-19-10-4-5-16(19)12-18-13(2)11-14-6-8-15(17)9-7-14/h4-10,13,18H,3,11-12H2,1-2H3. The molecule has 2 nitrogen and oxygen atoms in total. The van der Waals surface area contributed by atoms with Gasteiger partial charge in [-0.2, -0.15) is 0 Å². The molecule has 102 valence electrons. The van der Waals surface area contributed by atoms with Crippen LogP contribution in [0.4, 0.5) is 0 Å². The lowest BCUT2D eigenvalue weighted by Crippen LogP contribution is -2.28. The van der Waals surface area contributed by atoms with Crippen molar-refractivity contribution in [3.8, 4) is 0 Å². The Bertz CT molecular complexity index is 502. The second kappa shape index (κ2) is 6.92. The van der Waals surface area contributed by atoms with Gasteiger partial charge < -0.3 is 9.88 Å². The van der Waals surface area contributed by atoms with E-state index in [1.807, 2.05) is 0 Å². The van der Waals surface area contributed by atoms with Gasteiger partial charge in [-0.15, -0.1) is 0 Å². The molecule has 0 aliphatic heterocycles. The third-order valence-electron chi connectivity index (χ3n) is 3.35. The Labute approximate surface area is 124 Å². The van der Waals surface area contributed by atoms with E-state index < -0.39 is 0 Å². The van der Waals surface area contributed by atoms with Crippen LogP contribution in [0.3, 0.4) is 0 Å². The second-order valence-corrected chi connectivity index (χ2v) is 5.81. The summed E-state index contributed by atoms with van der Waals surface area (Å²) in [4.78, 5) is 0. The van der Waals surface area contributed by atoms with Crippen molar-refractivity contribution in [3.63, 3.8) is 0 Å². The zero-order valence-corrected chi connectivity index (χ0v) is 13.2. The Morgan fingerprint density at radius 2 is 1.95 bits per heavy atom. The predicted molar refractivity (Wildman–Crippen MR) is 84.3 cm³/mol. The number of nitrogens with one attached hydrogen (secondary N) is 1. The average molecular weight is 321 g/mol. The largest absolute Gasteiger partial charge is 0.351 e. The summed E-state index contributed by atoms with van der Waals surface area (Å²) in [6.07, 6.45) is 3.19. The zero-order valence-electron chi connectivity index (χ0n) is 11.6. The van der Waals surface area contributed by atoms with Gasteiger partial charge in [-0.3, -0.25) is 0 Å². The van der Waals surface area contributed by atoms with Crippen LogP contribution in [0.5, 0.6) is 0 Å². The minimum absolute atomic E-state index is 0.474. The Hall–Kier alpha value is -1.06. The van der Waals surface area contributed by atoms with Gasteiger partial charge in [0.05, 0.1) is 0 Å². The van der Waals surface area contributed by atoms with Gasteiger partial charge >= 0.3 is 0 Å². The average Bonchev–Trinajstić information content (AvgIpc) is 2.86. The highest BCUT2D eigenvalue weighted by molar-refractivity contribution is 9.10. The number of aromatic nitrogens is 1. The van der Waals surface area contributed by atoms with Gasteiger partial charge in [0.25, 0.3) is 0 Å². The van der Waals surface area contributed by atoms with Crippen LogP contribution in [0.2, 0.25) is 0 Å². The quantitative estimate of drug-likeness (QED) is 0.851. The third-order valence-corrected chi connectivity index (χ3v) is 3.88. The first-order valence-corrected chi connectivity index (χ1v) is 7.60. The van der Waals surface area contributed by atoms with E-state index in [2.05, 4.69) is 82.3 Å². The second-order valence-electron chi connectivity index (χ2n) is 4.90. The molecule has 2 aromatic rings. The topological polar surface area (TPSA) is 17.0 Å². The van der Waals surface area contributed by atoms with E-state index in [1.54, 1.807) is 0 Å². The van der Waals surface area contributed by atoms with E-state index in [-0.39, 0.29) is 0 Å². The molecule has 0 fully saturated rings. The molecule has 0 radical (unpaired) electrons. The molecule has 0 saturated heterocycles.